The molecule has 0 saturated carbocycles. The minimum Gasteiger partial charge on any atom is -0.409 e. The summed E-state index contributed by atoms with van der Waals surface area (Å²) in [5.41, 5.74) is 4.54. The molecule has 0 atom stereocenters. The molecule has 1 amide bonds. The maximum Gasteiger partial charge on any atom is 0.235 e. The highest BCUT2D eigenvalue weighted by Gasteiger charge is 2.37. The molecule has 110 valence electrons. The summed E-state index contributed by atoms with van der Waals surface area (Å²) >= 11 is 0. The van der Waals surface area contributed by atoms with Crippen LogP contribution in [-0.2, 0) is 9.53 Å². The van der Waals surface area contributed by atoms with Crippen LogP contribution in [0.1, 0.15) is 26.7 Å². The summed E-state index contributed by atoms with van der Waals surface area (Å²) in [5, 5.41) is 20.3. The first kappa shape index (κ1) is 15.7. The zero-order valence-electron chi connectivity index (χ0n) is 11.5. The molecular weight excluding hydrogens is 250 g/mol. The normalized spacial score (nSPS) is 18.7. The zero-order chi connectivity index (χ0) is 14.5. The third kappa shape index (κ3) is 3.81. The van der Waals surface area contributed by atoms with Crippen LogP contribution in [0.15, 0.2) is 5.16 Å². The fraction of sp³-hybridized carbons (Fsp3) is 0.833. The maximum absolute atomic E-state index is 12.3. The molecule has 7 nitrogen and oxygen atoms in total. The Morgan fingerprint density at radius 2 is 2.05 bits per heavy atom. The van der Waals surface area contributed by atoms with E-state index in [0.717, 1.165) is 12.8 Å². The lowest BCUT2D eigenvalue weighted by atomic mass is 9.89. The van der Waals surface area contributed by atoms with Gasteiger partial charge in [-0.15, -0.1) is 0 Å². The third-order valence-corrected chi connectivity index (χ3v) is 3.46. The lowest BCUT2D eigenvalue weighted by molar-refractivity contribution is -0.139. The number of carbonyl (C=O) groups excluding carboxylic acids is 1. The van der Waals surface area contributed by atoms with Crippen LogP contribution in [-0.4, -0.2) is 59.4 Å². The van der Waals surface area contributed by atoms with E-state index >= 15 is 0 Å². The minimum atomic E-state index is -1.01. The SMILES string of the molecule is CC(C)(C(=O)N1CCC(OCCO)CC1)C(N)=NO. The van der Waals surface area contributed by atoms with Gasteiger partial charge in [-0.05, 0) is 26.7 Å². The van der Waals surface area contributed by atoms with Crippen LogP contribution in [0, 0.1) is 5.41 Å². The van der Waals surface area contributed by atoms with Crippen LogP contribution in [0.2, 0.25) is 0 Å². The molecule has 0 bridgehead atoms. The van der Waals surface area contributed by atoms with E-state index in [0.29, 0.717) is 19.7 Å². The number of carbonyl (C=O) groups is 1. The highest BCUT2D eigenvalue weighted by atomic mass is 16.5. The Morgan fingerprint density at radius 3 is 2.53 bits per heavy atom. The molecule has 1 fully saturated rings. The van der Waals surface area contributed by atoms with Crippen molar-refractivity contribution in [2.75, 3.05) is 26.3 Å². The molecule has 19 heavy (non-hydrogen) atoms. The number of piperidine rings is 1. The number of nitrogens with zero attached hydrogens (tertiary/aromatic N) is 2. The van der Waals surface area contributed by atoms with E-state index < -0.39 is 5.41 Å². The second-order valence-corrected chi connectivity index (χ2v) is 5.20. The van der Waals surface area contributed by atoms with Crippen molar-refractivity contribution in [3.63, 3.8) is 0 Å². The van der Waals surface area contributed by atoms with Gasteiger partial charge in [0.05, 0.1) is 19.3 Å². The number of amidine groups is 1. The molecule has 0 aliphatic carbocycles. The van der Waals surface area contributed by atoms with Gasteiger partial charge in [-0.25, -0.2) is 0 Å². The number of amides is 1. The molecule has 0 unspecified atom stereocenters. The van der Waals surface area contributed by atoms with Crippen molar-refractivity contribution in [3.05, 3.63) is 0 Å². The van der Waals surface area contributed by atoms with Crippen molar-refractivity contribution in [1.29, 1.82) is 0 Å². The molecule has 1 aliphatic rings. The monoisotopic (exact) mass is 273 g/mol. The van der Waals surface area contributed by atoms with Gasteiger partial charge in [0.2, 0.25) is 5.91 Å². The Labute approximate surface area is 113 Å². The Kier molecular flexibility index (Phi) is 5.56. The van der Waals surface area contributed by atoms with Gasteiger partial charge in [0.1, 0.15) is 5.41 Å². The van der Waals surface area contributed by atoms with E-state index in [1.54, 1.807) is 18.7 Å². The fourth-order valence-corrected chi connectivity index (χ4v) is 2.07. The molecule has 1 aliphatic heterocycles. The van der Waals surface area contributed by atoms with Gasteiger partial charge in [-0.3, -0.25) is 4.79 Å². The highest BCUT2D eigenvalue weighted by Crippen LogP contribution is 2.23. The number of likely N-dealkylation sites (tertiary alicyclic amines) is 1. The van der Waals surface area contributed by atoms with Crippen molar-refractivity contribution in [2.24, 2.45) is 16.3 Å². The molecule has 7 heteroatoms. The summed E-state index contributed by atoms with van der Waals surface area (Å²) in [7, 11) is 0. The van der Waals surface area contributed by atoms with E-state index in [1.165, 1.54) is 0 Å². The van der Waals surface area contributed by atoms with Gasteiger partial charge < -0.3 is 25.7 Å². The zero-order valence-corrected chi connectivity index (χ0v) is 11.5. The number of rotatable bonds is 5. The van der Waals surface area contributed by atoms with E-state index in [9.17, 15) is 4.79 Å². The second-order valence-electron chi connectivity index (χ2n) is 5.20. The summed E-state index contributed by atoms with van der Waals surface area (Å²) < 4.78 is 5.44. The quantitative estimate of drug-likeness (QED) is 0.277. The van der Waals surface area contributed by atoms with Crippen LogP contribution >= 0.6 is 0 Å². The van der Waals surface area contributed by atoms with Crippen LogP contribution in [0.5, 0.6) is 0 Å². The smallest absolute Gasteiger partial charge is 0.235 e. The Bertz CT molecular complexity index is 336. The molecule has 0 aromatic rings. The van der Waals surface area contributed by atoms with Crippen LogP contribution in [0.25, 0.3) is 0 Å². The highest BCUT2D eigenvalue weighted by molar-refractivity contribution is 6.05. The van der Waals surface area contributed by atoms with Crippen LogP contribution in [0.3, 0.4) is 0 Å². The minimum absolute atomic E-state index is 0.00960. The van der Waals surface area contributed by atoms with Crippen molar-refractivity contribution in [1.82, 2.24) is 4.90 Å². The van der Waals surface area contributed by atoms with Gasteiger partial charge in [-0.1, -0.05) is 5.16 Å². The summed E-state index contributed by atoms with van der Waals surface area (Å²) in [6.45, 7) is 4.77. The lowest BCUT2D eigenvalue weighted by Gasteiger charge is -2.36. The van der Waals surface area contributed by atoms with Crippen molar-refractivity contribution in [3.8, 4) is 0 Å². The van der Waals surface area contributed by atoms with Gasteiger partial charge >= 0.3 is 0 Å². The summed E-state index contributed by atoms with van der Waals surface area (Å²) in [4.78, 5) is 14.0. The van der Waals surface area contributed by atoms with Crippen molar-refractivity contribution < 1.29 is 19.8 Å². The molecule has 1 saturated heterocycles. The predicted molar refractivity (Wildman–Crippen MR) is 69.8 cm³/mol. The topological polar surface area (TPSA) is 108 Å². The number of hydrogen-bond acceptors (Lipinski definition) is 5. The molecule has 0 aromatic heterocycles. The van der Waals surface area contributed by atoms with Crippen molar-refractivity contribution >= 4 is 11.7 Å². The third-order valence-electron chi connectivity index (χ3n) is 3.46. The van der Waals surface area contributed by atoms with E-state index in [2.05, 4.69) is 5.16 Å². The standard InChI is InChI=1S/C12H23N3O4/c1-12(2,10(13)14-18)11(17)15-5-3-9(4-6-15)19-8-7-16/h9,16,18H,3-8H2,1-2H3,(H2,13,14). The van der Waals surface area contributed by atoms with Crippen LogP contribution < -0.4 is 5.73 Å². The molecular formula is C12H23N3O4. The number of ether oxygens (including phenoxy) is 1. The number of oxime groups is 1. The molecule has 0 radical (unpaired) electrons. The summed E-state index contributed by atoms with van der Waals surface area (Å²) in [6, 6.07) is 0. The molecule has 1 rings (SSSR count). The first-order chi connectivity index (χ1) is 8.93. The van der Waals surface area contributed by atoms with Crippen molar-refractivity contribution in [2.45, 2.75) is 32.8 Å². The van der Waals surface area contributed by atoms with Gasteiger partial charge in [0.25, 0.3) is 0 Å². The van der Waals surface area contributed by atoms with Crippen LogP contribution in [0.4, 0.5) is 0 Å². The Balaban J connectivity index is 2.53. The first-order valence-electron chi connectivity index (χ1n) is 6.43. The number of hydrogen-bond donors (Lipinski definition) is 3. The average Bonchev–Trinajstić information content (AvgIpc) is 2.43. The number of aliphatic hydroxyl groups is 1. The molecule has 0 spiro atoms. The molecule has 4 N–H and O–H groups in total. The van der Waals surface area contributed by atoms with E-state index in [1.807, 2.05) is 0 Å². The maximum atomic E-state index is 12.3. The first-order valence-corrected chi connectivity index (χ1v) is 6.43. The Hall–Kier alpha value is -1.34. The number of nitrogens with two attached hydrogens (primary N) is 1. The van der Waals surface area contributed by atoms with Gasteiger partial charge in [0, 0.05) is 13.1 Å². The van der Waals surface area contributed by atoms with E-state index in [-0.39, 0.29) is 24.5 Å². The summed E-state index contributed by atoms with van der Waals surface area (Å²) in [6.07, 6.45) is 1.55. The largest absolute Gasteiger partial charge is 0.409 e. The number of aliphatic hydroxyl groups excluding tert-OH is 1. The van der Waals surface area contributed by atoms with Gasteiger partial charge in [-0.2, -0.15) is 0 Å². The Morgan fingerprint density at radius 1 is 1.47 bits per heavy atom. The second kappa shape index (κ2) is 6.72. The fourth-order valence-electron chi connectivity index (χ4n) is 2.07. The molecule has 1 heterocycles. The van der Waals surface area contributed by atoms with Gasteiger partial charge in [0.15, 0.2) is 5.84 Å². The van der Waals surface area contributed by atoms with E-state index in [4.69, 9.17) is 20.8 Å². The average molecular weight is 273 g/mol. The lowest BCUT2D eigenvalue weighted by Crippen LogP contribution is -2.51. The molecule has 0 aromatic carbocycles. The predicted octanol–water partition coefficient (Wildman–Crippen LogP) is -0.241. The summed E-state index contributed by atoms with van der Waals surface area (Å²) in [5.74, 6) is -0.237.